The van der Waals surface area contributed by atoms with Crippen molar-refractivity contribution in [1.29, 1.82) is 0 Å². The van der Waals surface area contributed by atoms with Crippen LogP contribution in [0.2, 0.25) is 0 Å². The molecule has 0 spiro atoms. The van der Waals surface area contributed by atoms with Crippen molar-refractivity contribution in [1.82, 2.24) is 9.97 Å². The molecule has 0 atom stereocenters. The molecular formula is C13H12F3N3. The number of rotatable bonds is 1. The zero-order valence-corrected chi connectivity index (χ0v) is 10.4. The first kappa shape index (κ1) is 13.3. The molecule has 19 heavy (non-hydrogen) atoms. The maximum atomic E-state index is 12.9. The third kappa shape index (κ3) is 2.52. The Labute approximate surface area is 108 Å². The van der Waals surface area contributed by atoms with Crippen LogP contribution in [0.15, 0.2) is 24.3 Å². The molecule has 0 aliphatic rings. The van der Waals surface area contributed by atoms with E-state index in [0.29, 0.717) is 11.3 Å². The van der Waals surface area contributed by atoms with E-state index < -0.39 is 11.7 Å². The van der Waals surface area contributed by atoms with Crippen LogP contribution in [-0.2, 0) is 6.18 Å². The Hall–Kier alpha value is -2.11. The van der Waals surface area contributed by atoms with E-state index in [1.54, 1.807) is 13.8 Å². The van der Waals surface area contributed by atoms with E-state index in [1.165, 1.54) is 18.2 Å². The van der Waals surface area contributed by atoms with Gasteiger partial charge in [0, 0.05) is 16.8 Å². The number of alkyl halides is 3. The highest BCUT2D eigenvalue weighted by Crippen LogP contribution is 2.36. The van der Waals surface area contributed by atoms with E-state index in [4.69, 9.17) is 5.73 Å². The molecule has 3 nitrogen and oxygen atoms in total. The van der Waals surface area contributed by atoms with Gasteiger partial charge in [-0.15, -0.1) is 0 Å². The molecule has 0 amide bonds. The summed E-state index contributed by atoms with van der Waals surface area (Å²) < 4.78 is 38.8. The van der Waals surface area contributed by atoms with E-state index >= 15 is 0 Å². The first-order valence-electron chi connectivity index (χ1n) is 5.58. The highest BCUT2D eigenvalue weighted by molar-refractivity contribution is 5.63. The van der Waals surface area contributed by atoms with Crippen LogP contribution in [0.5, 0.6) is 0 Å². The topological polar surface area (TPSA) is 51.8 Å². The summed E-state index contributed by atoms with van der Waals surface area (Å²) in [5.74, 6) is 0.188. The molecule has 0 unspecified atom stereocenters. The molecule has 6 heteroatoms. The molecule has 0 bridgehead atoms. The van der Waals surface area contributed by atoms with Crippen LogP contribution >= 0.6 is 0 Å². The Morgan fingerprint density at radius 1 is 1.05 bits per heavy atom. The van der Waals surface area contributed by atoms with E-state index in [0.717, 1.165) is 6.07 Å². The molecule has 0 fully saturated rings. The first-order chi connectivity index (χ1) is 8.80. The minimum absolute atomic E-state index is 0.00600. The zero-order chi connectivity index (χ0) is 14.2. The molecule has 0 saturated carbocycles. The Balaban J connectivity index is 2.67. The van der Waals surface area contributed by atoms with Crippen LogP contribution in [-0.4, -0.2) is 9.97 Å². The average Bonchev–Trinajstić information content (AvgIpc) is 2.34. The molecule has 0 aliphatic heterocycles. The van der Waals surface area contributed by atoms with E-state index in [-0.39, 0.29) is 17.2 Å². The van der Waals surface area contributed by atoms with E-state index in [2.05, 4.69) is 9.97 Å². The lowest BCUT2D eigenvalue weighted by atomic mass is 10.1. The Morgan fingerprint density at radius 2 is 1.68 bits per heavy atom. The number of aryl methyl sites for hydroxylation is 1. The summed E-state index contributed by atoms with van der Waals surface area (Å²) in [5, 5.41) is 0. The lowest BCUT2D eigenvalue weighted by Crippen LogP contribution is -2.09. The van der Waals surface area contributed by atoms with Crippen LogP contribution < -0.4 is 5.73 Å². The van der Waals surface area contributed by atoms with Crippen molar-refractivity contribution >= 4 is 5.82 Å². The molecule has 0 aliphatic carbocycles. The lowest BCUT2D eigenvalue weighted by molar-refractivity contribution is -0.137. The van der Waals surface area contributed by atoms with Crippen LogP contribution in [0.1, 0.15) is 16.8 Å². The van der Waals surface area contributed by atoms with Gasteiger partial charge in [0.1, 0.15) is 5.82 Å². The molecule has 2 rings (SSSR count). The number of hydrogen-bond donors (Lipinski definition) is 1. The van der Waals surface area contributed by atoms with E-state index in [9.17, 15) is 13.2 Å². The summed E-state index contributed by atoms with van der Waals surface area (Å²) in [6.07, 6.45) is -4.45. The maximum absolute atomic E-state index is 12.9. The molecule has 1 heterocycles. The van der Waals surface area contributed by atoms with Gasteiger partial charge in [0.15, 0.2) is 5.82 Å². The standard InChI is InChI=1S/C13H12F3N3/c1-7-8(2)18-12(19-11(7)17)9-5-3-4-6-10(9)13(14,15)16/h3-6H,1-2H3,(H2,17,18,19). The monoisotopic (exact) mass is 267 g/mol. The summed E-state index contributed by atoms with van der Waals surface area (Å²) in [6, 6.07) is 5.19. The fourth-order valence-electron chi connectivity index (χ4n) is 1.70. The van der Waals surface area contributed by atoms with E-state index in [1.807, 2.05) is 0 Å². The van der Waals surface area contributed by atoms with Gasteiger partial charge in [-0.2, -0.15) is 13.2 Å². The summed E-state index contributed by atoms with van der Waals surface area (Å²) in [6.45, 7) is 3.41. The van der Waals surface area contributed by atoms with Crippen LogP contribution in [0.4, 0.5) is 19.0 Å². The van der Waals surface area contributed by atoms with Gasteiger partial charge >= 0.3 is 6.18 Å². The summed E-state index contributed by atoms with van der Waals surface area (Å²) in [7, 11) is 0. The van der Waals surface area contributed by atoms with Gasteiger partial charge in [0.2, 0.25) is 0 Å². The molecule has 0 radical (unpaired) electrons. The minimum atomic E-state index is -4.45. The predicted molar refractivity (Wildman–Crippen MR) is 66.4 cm³/mol. The molecule has 0 saturated heterocycles. The number of anilines is 1. The Morgan fingerprint density at radius 3 is 2.26 bits per heavy atom. The van der Waals surface area contributed by atoms with Crippen molar-refractivity contribution in [3.63, 3.8) is 0 Å². The van der Waals surface area contributed by atoms with Crippen molar-refractivity contribution < 1.29 is 13.2 Å². The number of nitrogen functional groups attached to an aromatic ring is 1. The highest BCUT2D eigenvalue weighted by Gasteiger charge is 2.34. The van der Waals surface area contributed by atoms with Gasteiger partial charge < -0.3 is 5.73 Å². The number of aromatic nitrogens is 2. The molecule has 2 N–H and O–H groups in total. The van der Waals surface area contributed by atoms with Crippen LogP contribution in [0.3, 0.4) is 0 Å². The van der Waals surface area contributed by atoms with Gasteiger partial charge in [-0.25, -0.2) is 9.97 Å². The van der Waals surface area contributed by atoms with Crippen molar-refractivity contribution in [3.8, 4) is 11.4 Å². The van der Waals surface area contributed by atoms with Gasteiger partial charge in [0.25, 0.3) is 0 Å². The second kappa shape index (κ2) is 4.53. The number of benzene rings is 1. The second-order valence-corrected chi connectivity index (χ2v) is 4.19. The minimum Gasteiger partial charge on any atom is -0.383 e. The van der Waals surface area contributed by atoms with Crippen molar-refractivity contribution in [3.05, 3.63) is 41.1 Å². The largest absolute Gasteiger partial charge is 0.417 e. The van der Waals surface area contributed by atoms with Gasteiger partial charge in [-0.05, 0) is 19.9 Å². The number of hydrogen-bond acceptors (Lipinski definition) is 3. The zero-order valence-electron chi connectivity index (χ0n) is 10.4. The molecule has 1 aromatic carbocycles. The SMILES string of the molecule is Cc1nc(-c2ccccc2C(F)(F)F)nc(N)c1C. The normalized spacial score (nSPS) is 11.6. The Bertz CT molecular complexity index is 598. The molecule has 100 valence electrons. The number of nitrogens with zero attached hydrogens (tertiary/aromatic N) is 2. The van der Waals surface area contributed by atoms with Crippen LogP contribution in [0.25, 0.3) is 11.4 Å². The van der Waals surface area contributed by atoms with Crippen molar-refractivity contribution in [2.24, 2.45) is 0 Å². The number of nitrogens with two attached hydrogens (primary N) is 1. The fourth-order valence-corrected chi connectivity index (χ4v) is 1.70. The van der Waals surface area contributed by atoms with Crippen molar-refractivity contribution in [2.45, 2.75) is 20.0 Å². The lowest BCUT2D eigenvalue weighted by Gasteiger charge is -2.13. The summed E-state index contributed by atoms with van der Waals surface area (Å²) in [5.41, 5.74) is 6.10. The molecule has 2 aromatic rings. The molecular weight excluding hydrogens is 255 g/mol. The van der Waals surface area contributed by atoms with Gasteiger partial charge in [-0.1, -0.05) is 18.2 Å². The Kier molecular flexibility index (Phi) is 3.18. The summed E-state index contributed by atoms with van der Waals surface area (Å²) in [4.78, 5) is 8.03. The quantitative estimate of drug-likeness (QED) is 0.861. The maximum Gasteiger partial charge on any atom is 0.417 e. The highest BCUT2D eigenvalue weighted by atomic mass is 19.4. The first-order valence-corrected chi connectivity index (χ1v) is 5.58. The van der Waals surface area contributed by atoms with Gasteiger partial charge in [-0.3, -0.25) is 0 Å². The smallest absolute Gasteiger partial charge is 0.383 e. The molecule has 1 aromatic heterocycles. The number of halogens is 3. The third-order valence-electron chi connectivity index (χ3n) is 2.90. The van der Waals surface area contributed by atoms with Crippen molar-refractivity contribution in [2.75, 3.05) is 5.73 Å². The predicted octanol–water partition coefficient (Wildman–Crippen LogP) is 3.36. The van der Waals surface area contributed by atoms with Crippen LogP contribution in [0, 0.1) is 13.8 Å². The average molecular weight is 267 g/mol. The third-order valence-corrected chi connectivity index (χ3v) is 2.90. The fraction of sp³-hybridized carbons (Fsp3) is 0.231. The second-order valence-electron chi connectivity index (χ2n) is 4.19. The summed E-state index contributed by atoms with van der Waals surface area (Å²) >= 11 is 0. The van der Waals surface area contributed by atoms with Gasteiger partial charge in [0.05, 0.1) is 5.56 Å².